The zero-order valence-electron chi connectivity index (χ0n) is 10.5. The normalized spacial score (nSPS) is 10.1. The van der Waals surface area contributed by atoms with Crippen LogP contribution in [0.5, 0.6) is 5.88 Å². The van der Waals surface area contributed by atoms with E-state index >= 15 is 0 Å². The van der Waals surface area contributed by atoms with Crippen molar-refractivity contribution in [3.8, 4) is 5.88 Å². The molecule has 6 heteroatoms. The van der Waals surface area contributed by atoms with E-state index in [4.69, 9.17) is 9.84 Å². The number of anilines is 1. The minimum atomic E-state index is -0.827. The summed E-state index contributed by atoms with van der Waals surface area (Å²) < 4.78 is 5.15. The molecule has 0 spiro atoms. The first-order valence-corrected chi connectivity index (χ1v) is 5.28. The average Bonchev–Trinajstić information content (AvgIpc) is 2.28. The van der Waals surface area contributed by atoms with E-state index in [9.17, 15) is 4.79 Å². The fourth-order valence-electron chi connectivity index (χ4n) is 1.53. The zero-order chi connectivity index (χ0) is 13.0. The van der Waals surface area contributed by atoms with Gasteiger partial charge in [0.1, 0.15) is 11.6 Å². The summed E-state index contributed by atoms with van der Waals surface area (Å²) in [6.07, 6.45) is 0.0707. The van der Waals surface area contributed by atoms with E-state index < -0.39 is 5.97 Å². The molecule has 94 valence electrons. The van der Waals surface area contributed by atoms with Gasteiger partial charge in [-0.15, -0.1) is 0 Å². The maximum absolute atomic E-state index is 10.5. The fraction of sp³-hybridized carbons (Fsp3) is 0.545. The van der Waals surface area contributed by atoms with Gasteiger partial charge in [0, 0.05) is 13.6 Å². The van der Waals surface area contributed by atoms with Crippen LogP contribution < -0.4 is 9.64 Å². The minimum absolute atomic E-state index is 0.0707. The highest BCUT2D eigenvalue weighted by atomic mass is 16.5. The number of rotatable bonds is 5. The lowest BCUT2D eigenvalue weighted by molar-refractivity contribution is -0.136. The first kappa shape index (κ1) is 13.2. The summed E-state index contributed by atoms with van der Waals surface area (Å²) in [5.41, 5.74) is 0.811. The number of nitrogens with zero attached hydrogens (tertiary/aromatic N) is 3. The van der Waals surface area contributed by atoms with E-state index in [1.807, 2.05) is 6.92 Å². The van der Waals surface area contributed by atoms with Crippen LogP contribution in [0, 0.1) is 13.8 Å². The van der Waals surface area contributed by atoms with Gasteiger partial charge in [-0.1, -0.05) is 0 Å². The van der Waals surface area contributed by atoms with Gasteiger partial charge in [0.25, 0.3) is 0 Å². The third kappa shape index (κ3) is 3.30. The highest BCUT2D eigenvalue weighted by Crippen LogP contribution is 2.24. The molecule has 17 heavy (non-hydrogen) atoms. The number of methoxy groups -OCH3 is 1. The van der Waals surface area contributed by atoms with Crippen molar-refractivity contribution < 1.29 is 14.6 Å². The molecule has 0 saturated carbocycles. The van der Waals surface area contributed by atoms with Gasteiger partial charge in [-0.05, 0) is 13.8 Å². The van der Waals surface area contributed by atoms with Gasteiger partial charge in [0.15, 0.2) is 0 Å². The second kappa shape index (κ2) is 5.47. The van der Waals surface area contributed by atoms with Crippen molar-refractivity contribution in [1.82, 2.24) is 9.97 Å². The standard InChI is InChI=1S/C11H17N3O3/c1-7-10(14(3)6-5-9(15)16)12-8(2)13-11(7)17-4/h5-6H2,1-4H3,(H,15,16). The van der Waals surface area contributed by atoms with Gasteiger partial charge in [-0.2, -0.15) is 4.98 Å². The molecular weight excluding hydrogens is 222 g/mol. The summed E-state index contributed by atoms with van der Waals surface area (Å²) in [7, 11) is 3.35. The maximum Gasteiger partial charge on any atom is 0.305 e. The Hall–Kier alpha value is -1.85. The van der Waals surface area contributed by atoms with Crippen molar-refractivity contribution >= 4 is 11.8 Å². The summed E-state index contributed by atoms with van der Waals surface area (Å²) in [6.45, 7) is 4.02. The number of aliphatic carboxylic acids is 1. The van der Waals surface area contributed by atoms with Gasteiger partial charge in [-0.25, -0.2) is 4.98 Å². The summed E-state index contributed by atoms with van der Waals surface area (Å²) in [5.74, 6) is 1.00. The molecule has 1 heterocycles. The number of aromatic nitrogens is 2. The van der Waals surface area contributed by atoms with Crippen LogP contribution in [-0.2, 0) is 4.79 Å². The van der Waals surface area contributed by atoms with Crippen molar-refractivity contribution in [3.05, 3.63) is 11.4 Å². The van der Waals surface area contributed by atoms with Gasteiger partial charge in [0.2, 0.25) is 5.88 Å². The van der Waals surface area contributed by atoms with Crippen molar-refractivity contribution in [3.63, 3.8) is 0 Å². The second-order valence-electron chi connectivity index (χ2n) is 3.79. The summed E-state index contributed by atoms with van der Waals surface area (Å²) in [4.78, 5) is 20.8. The summed E-state index contributed by atoms with van der Waals surface area (Å²) >= 11 is 0. The maximum atomic E-state index is 10.5. The lowest BCUT2D eigenvalue weighted by Crippen LogP contribution is -2.23. The van der Waals surface area contributed by atoms with Gasteiger partial charge in [0.05, 0.1) is 19.1 Å². The molecule has 1 aromatic rings. The molecule has 0 fully saturated rings. The molecule has 0 unspecified atom stereocenters. The van der Waals surface area contributed by atoms with Gasteiger partial charge < -0.3 is 14.7 Å². The quantitative estimate of drug-likeness (QED) is 0.826. The molecule has 0 atom stereocenters. The predicted molar refractivity (Wildman–Crippen MR) is 63.6 cm³/mol. The Kier molecular flexibility index (Phi) is 4.25. The molecule has 0 aromatic carbocycles. The van der Waals surface area contributed by atoms with Crippen molar-refractivity contribution in [2.24, 2.45) is 0 Å². The van der Waals surface area contributed by atoms with Crippen LogP contribution in [0.3, 0.4) is 0 Å². The van der Waals surface area contributed by atoms with Crippen LogP contribution >= 0.6 is 0 Å². The Morgan fingerprint density at radius 3 is 2.59 bits per heavy atom. The lowest BCUT2D eigenvalue weighted by atomic mass is 10.3. The Morgan fingerprint density at radius 1 is 1.41 bits per heavy atom. The van der Waals surface area contributed by atoms with E-state index in [0.717, 1.165) is 5.56 Å². The Balaban J connectivity index is 2.96. The largest absolute Gasteiger partial charge is 0.481 e. The number of carboxylic acids is 1. The molecular formula is C11H17N3O3. The number of carboxylic acid groups (broad SMARTS) is 1. The highest BCUT2D eigenvalue weighted by Gasteiger charge is 2.13. The number of hydrogen-bond acceptors (Lipinski definition) is 5. The second-order valence-corrected chi connectivity index (χ2v) is 3.79. The van der Waals surface area contributed by atoms with Crippen molar-refractivity contribution in [2.75, 3.05) is 25.6 Å². The van der Waals surface area contributed by atoms with Gasteiger partial charge in [-0.3, -0.25) is 4.79 Å². The van der Waals surface area contributed by atoms with Crippen molar-refractivity contribution in [2.45, 2.75) is 20.3 Å². The van der Waals surface area contributed by atoms with E-state index in [1.165, 1.54) is 0 Å². The van der Waals surface area contributed by atoms with Crippen LogP contribution in [0.15, 0.2) is 0 Å². The minimum Gasteiger partial charge on any atom is -0.481 e. The SMILES string of the molecule is COc1nc(C)nc(N(C)CCC(=O)O)c1C. The summed E-state index contributed by atoms with van der Waals surface area (Å²) in [5, 5.41) is 8.65. The molecule has 0 bridgehead atoms. The van der Waals surface area contributed by atoms with Crippen LogP contribution in [0.4, 0.5) is 5.82 Å². The molecule has 1 aromatic heterocycles. The highest BCUT2D eigenvalue weighted by molar-refractivity contribution is 5.67. The van der Waals surface area contributed by atoms with Crippen LogP contribution in [0.25, 0.3) is 0 Å². The Labute approximate surface area is 100 Å². The smallest absolute Gasteiger partial charge is 0.305 e. The van der Waals surface area contributed by atoms with E-state index in [2.05, 4.69) is 9.97 Å². The Morgan fingerprint density at radius 2 is 2.06 bits per heavy atom. The molecule has 0 saturated heterocycles. The molecule has 1 rings (SSSR count). The topological polar surface area (TPSA) is 75.6 Å². The van der Waals surface area contributed by atoms with Crippen LogP contribution in [0.2, 0.25) is 0 Å². The number of hydrogen-bond donors (Lipinski definition) is 1. The van der Waals surface area contributed by atoms with Crippen molar-refractivity contribution in [1.29, 1.82) is 0 Å². The van der Waals surface area contributed by atoms with Gasteiger partial charge >= 0.3 is 5.97 Å². The van der Waals surface area contributed by atoms with E-state index in [0.29, 0.717) is 24.1 Å². The number of ether oxygens (including phenoxy) is 1. The lowest BCUT2D eigenvalue weighted by Gasteiger charge is -2.20. The monoisotopic (exact) mass is 239 g/mol. The van der Waals surface area contributed by atoms with E-state index in [-0.39, 0.29) is 6.42 Å². The molecule has 0 radical (unpaired) electrons. The third-order valence-corrected chi connectivity index (χ3v) is 2.40. The van der Waals surface area contributed by atoms with Crippen LogP contribution in [0.1, 0.15) is 17.8 Å². The fourth-order valence-corrected chi connectivity index (χ4v) is 1.53. The first-order chi connectivity index (χ1) is 7.95. The van der Waals surface area contributed by atoms with Crippen LogP contribution in [-0.4, -0.2) is 41.7 Å². The molecule has 6 nitrogen and oxygen atoms in total. The Bertz CT molecular complexity index is 421. The average molecular weight is 239 g/mol. The molecule has 0 aliphatic rings. The molecule has 0 aliphatic carbocycles. The molecule has 0 amide bonds. The molecule has 1 N–H and O–H groups in total. The summed E-state index contributed by atoms with van der Waals surface area (Å²) in [6, 6.07) is 0. The number of carbonyl (C=O) groups is 1. The molecule has 0 aliphatic heterocycles. The predicted octanol–water partition coefficient (Wildman–Crippen LogP) is 1.01. The first-order valence-electron chi connectivity index (χ1n) is 5.28. The third-order valence-electron chi connectivity index (χ3n) is 2.40. The van der Waals surface area contributed by atoms with E-state index in [1.54, 1.807) is 26.0 Å². The number of aryl methyl sites for hydroxylation is 1. The zero-order valence-corrected chi connectivity index (χ0v) is 10.5.